The first-order valence-corrected chi connectivity index (χ1v) is 6.25. The molecule has 1 amide bonds. The molecule has 0 aromatic carbocycles. The molecule has 1 aliphatic carbocycles. The van der Waals surface area contributed by atoms with Crippen molar-refractivity contribution in [2.75, 3.05) is 13.1 Å². The number of H-pyrrole nitrogens is 1. The lowest BCUT2D eigenvalue weighted by Crippen LogP contribution is -2.37. The van der Waals surface area contributed by atoms with Crippen molar-refractivity contribution in [3.8, 4) is 0 Å². The van der Waals surface area contributed by atoms with Gasteiger partial charge >= 0.3 is 0 Å². The summed E-state index contributed by atoms with van der Waals surface area (Å²) in [6.07, 6.45) is 5.10. The molecule has 96 valence electrons. The standard InChI is InChI=1S/C13H16FN3O/c1-9(14)12(18)17-7-10(11-3-6-15-16-11)13(8-17)4-2-5-13/h3,6,10H,1-2,4-5,7-8H2,(H,15,16). The molecular weight excluding hydrogens is 233 g/mol. The van der Waals surface area contributed by atoms with Crippen LogP contribution < -0.4 is 0 Å². The summed E-state index contributed by atoms with van der Waals surface area (Å²) in [5, 5.41) is 6.96. The highest BCUT2D eigenvalue weighted by Crippen LogP contribution is 2.55. The Balaban J connectivity index is 1.86. The average Bonchev–Trinajstić information content (AvgIpc) is 2.93. The molecule has 2 aliphatic rings. The van der Waals surface area contributed by atoms with Crippen molar-refractivity contribution in [2.24, 2.45) is 5.41 Å². The molecule has 2 heterocycles. The van der Waals surface area contributed by atoms with E-state index in [1.54, 1.807) is 11.1 Å². The van der Waals surface area contributed by atoms with Gasteiger partial charge in [-0.3, -0.25) is 9.89 Å². The van der Waals surface area contributed by atoms with Crippen molar-refractivity contribution in [3.05, 3.63) is 30.4 Å². The first kappa shape index (κ1) is 11.4. The fraction of sp³-hybridized carbons (Fsp3) is 0.538. The van der Waals surface area contributed by atoms with Crippen molar-refractivity contribution < 1.29 is 9.18 Å². The molecule has 4 nitrogen and oxygen atoms in total. The van der Waals surface area contributed by atoms with E-state index in [2.05, 4.69) is 16.8 Å². The van der Waals surface area contributed by atoms with E-state index in [9.17, 15) is 9.18 Å². The van der Waals surface area contributed by atoms with Gasteiger partial charge in [0.2, 0.25) is 0 Å². The van der Waals surface area contributed by atoms with Crippen molar-refractivity contribution in [1.82, 2.24) is 15.1 Å². The lowest BCUT2D eigenvalue weighted by atomic mass is 9.62. The molecule has 3 rings (SSSR count). The monoisotopic (exact) mass is 249 g/mol. The quantitative estimate of drug-likeness (QED) is 0.815. The predicted octanol–water partition coefficient (Wildman–Crippen LogP) is 1.99. The molecule has 2 fully saturated rings. The van der Waals surface area contributed by atoms with Crippen molar-refractivity contribution in [2.45, 2.75) is 25.2 Å². The minimum Gasteiger partial charge on any atom is -0.335 e. The number of rotatable bonds is 2. The number of nitrogens with zero attached hydrogens (tertiary/aromatic N) is 2. The Morgan fingerprint density at radius 1 is 1.61 bits per heavy atom. The van der Waals surface area contributed by atoms with Gasteiger partial charge in [-0.15, -0.1) is 0 Å². The van der Waals surface area contributed by atoms with Gasteiger partial charge in [0.05, 0.1) is 0 Å². The van der Waals surface area contributed by atoms with Crippen LogP contribution in [-0.4, -0.2) is 34.1 Å². The second-order valence-electron chi connectivity index (χ2n) is 5.37. The number of halogens is 1. The molecular formula is C13H16FN3O. The van der Waals surface area contributed by atoms with E-state index in [1.165, 1.54) is 6.42 Å². The molecule has 1 atom stereocenters. The summed E-state index contributed by atoms with van der Waals surface area (Å²) in [5.41, 5.74) is 1.17. The topological polar surface area (TPSA) is 49.0 Å². The molecule has 1 aliphatic heterocycles. The molecule has 1 aromatic rings. The van der Waals surface area contributed by atoms with Crippen LogP contribution in [0.4, 0.5) is 4.39 Å². The van der Waals surface area contributed by atoms with Crippen LogP contribution in [-0.2, 0) is 4.79 Å². The minimum atomic E-state index is -0.866. The van der Waals surface area contributed by atoms with Gasteiger partial charge in [-0.05, 0) is 24.3 Å². The smallest absolute Gasteiger partial charge is 0.282 e. The molecule has 1 saturated carbocycles. The van der Waals surface area contributed by atoms with E-state index in [0.29, 0.717) is 13.1 Å². The Morgan fingerprint density at radius 2 is 2.39 bits per heavy atom. The van der Waals surface area contributed by atoms with Crippen molar-refractivity contribution in [1.29, 1.82) is 0 Å². The summed E-state index contributed by atoms with van der Waals surface area (Å²) >= 11 is 0. The lowest BCUT2D eigenvalue weighted by molar-refractivity contribution is -0.128. The van der Waals surface area contributed by atoms with Crippen LogP contribution in [0.3, 0.4) is 0 Å². The number of carbonyl (C=O) groups is 1. The number of aromatic amines is 1. The van der Waals surface area contributed by atoms with Crippen LogP contribution in [0.15, 0.2) is 24.7 Å². The molecule has 0 radical (unpaired) electrons. The number of aromatic nitrogens is 2. The first-order chi connectivity index (χ1) is 8.62. The van der Waals surface area contributed by atoms with Crippen LogP contribution in [0.2, 0.25) is 0 Å². The van der Waals surface area contributed by atoms with E-state index < -0.39 is 11.7 Å². The first-order valence-electron chi connectivity index (χ1n) is 6.25. The van der Waals surface area contributed by atoms with Gasteiger partial charge in [0.15, 0.2) is 5.83 Å². The highest BCUT2D eigenvalue weighted by atomic mass is 19.1. The van der Waals surface area contributed by atoms with E-state index in [1.807, 2.05) is 6.07 Å². The van der Waals surface area contributed by atoms with Crippen LogP contribution in [0.25, 0.3) is 0 Å². The zero-order chi connectivity index (χ0) is 12.8. The third-order valence-electron chi connectivity index (χ3n) is 4.41. The summed E-state index contributed by atoms with van der Waals surface area (Å²) < 4.78 is 13.0. The maximum Gasteiger partial charge on any atom is 0.282 e. The van der Waals surface area contributed by atoms with E-state index in [4.69, 9.17) is 0 Å². The Morgan fingerprint density at radius 3 is 2.89 bits per heavy atom. The van der Waals surface area contributed by atoms with Gasteiger partial charge in [-0.1, -0.05) is 13.0 Å². The van der Waals surface area contributed by atoms with Gasteiger partial charge in [0.25, 0.3) is 5.91 Å². The predicted molar refractivity (Wildman–Crippen MR) is 64.4 cm³/mol. The van der Waals surface area contributed by atoms with Crippen molar-refractivity contribution in [3.63, 3.8) is 0 Å². The number of likely N-dealkylation sites (tertiary alicyclic amines) is 1. The maximum atomic E-state index is 13.0. The van der Waals surface area contributed by atoms with E-state index in [-0.39, 0.29) is 11.3 Å². The molecule has 1 spiro atoms. The third kappa shape index (κ3) is 1.57. The van der Waals surface area contributed by atoms with Crippen LogP contribution >= 0.6 is 0 Å². The Labute approximate surface area is 105 Å². The number of carbonyl (C=O) groups excluding carboxylic acids is 1. The number of nitrogens with one attached hydrogen (secondary N) is 1. The Hall–Kier alpha value is -1.65. The van der Waals surface area contributed by atoms with Gasteiger partial charge in [0.1, 0.15) is 0 Å². The van der Waals surface area contributed by atoms with Crippen LogP contribution in [0.1, 0.15) is 30.9 Å². The normalized spacial score (nSPS) is 25.2. The third-order valence-corrected chi connectivity index (χ3v) is 4.41. The fourth-order valence-electron chi connectivity index (χ4n) is 3.32. The zero-order valence-corrected chi connectivity index (χ0v) is 10.2. The Bertz CT molecular complexity index is 478. The second kappa shape index (κ2) is 3.93. The number of hydrogen-bond acceptors (Lipinski definition) is 2. The molecule has 18 heavy (non-hydrogen) atoms. The van der Waals surface area contributed by atoms with Crippen LogP contribution in [0, 0.1) is 5.41 Å². The van der Waals surface area contributed by atoms with E-state index >= 15 is 0 Å². The summed E-state index contributed by atoms with van der Waals surface area (Å²) in [5.74, 6) is -1.19. The molecule has 1 saturated heterocycles. The molecule has 0 bridgehead atoms. The molecule has 1 aromatic heterocycles. The fourth-order valence-corrected chi connectivity index (χ4v) is 3.32. The second-order valence-corrected chi connectivity index (χ2v) is 5.37. The minimum absolute atomic E-state index is 0.123. The van der Waals surface area contributed by atoms with Gasteiger partial charge in [-0.2, -0.15) is 5.10 Å². The van der Waals surface area contributed by atoms with Gasteiger partial charge in [0, 0.05) is 30.9 Å². The summed E-state index contributed by atoms with van der Waals surface area (Å²) in [6, 6.07) is 1.95. The summed E-state index contributed by atoms with van der Waals surface area (Å²) in [7, 11) is 0. The average molecular weight is 249 g/mol. The van der Waals surface area contributed by atoms with E-state index in [0.717, 1.165) is 18.5 Å². The molecule has 1 N–H and O–H groups in total. The maximum absolute atomic E-state index is 13.0. The molecule has 5 heteroatoms. The summed E-state index contributed by atoms with van der Waals surface area (Å²) in [4.78, 5) is 13.3. The largest absolute Gasteiger partial charge is 0.335 e. The number of hydrogen-bond donors (Lipinski definition) is 1. The van der Waals surface area contributed by atoms with Crippen molar-refractivity contribution >= 4 is 5.91 Å². The highest BCUT2D eigenvalue weighted by molar-refractivity contribution is 5.91. The zero-order valence-electron chi connectivity index (χ0n) is 10.2. The molecule has 1 unspecified atom stereocenters. The lowest BCUT2D eigenvalue weighted by Gasteiger charge is -2.42. The van der Waals surface area contributed by atoms with Gasteiger partial charge < -0.3 is 4.90 Å². The summed E-state index contributed by atoms with van der Waals surface area (Å²) in [6.45, 7) is 4.30. The Kier molecular flexibility index (Phi) is 2.50. The van der Waals surface area contributed by atoms with Crippen LogP contribution in [0.5, 0.6) is 0 Å². The van der Waals surface area contributed by atoms with Gasteiger partial charge in [-0.25, -0.2) is 4.39 Å². The number of amides is 1. The highest BCUT2D eigenvalue weighted by Gasteiger charge is 2.52. The SMILES string of the molecule is C=C(F)C(=O)N1CC(c2ccn[nH]2)C2(CCC2)C1.